The van der Waals surface area contributed by atoms with E-state index in [0.717, 1.165) is 0 Å². The Morgan fingerprint density at radius 1 is 1.86 bits per heavy atom. The average molecular weight is 139 g/mol. The predicted molar refractivity (Wildman–Crippen MR) is 33.7 cm³/mol. The topological polar surface area (TPSA) is 17.1 Å². The molecule has 0 bridgehead atoms. The lowest BCUT2D eigenvalue weighted by molar-refractivity contribution is 0.689. The van der Waals surface area contributed by atoms with Crippen molar-refractivity contribution in [2.24, 2.45) is 0 Å². The van der Waals surface area contributed by atoms with E-state index in [1.165, 1.54) is 10.9 Å². The molecule has 0 aromatic heterocycles. The van der Waals surface area contributed by atoms with E-state index in [1.807, 2.05) is 6.92 Å². The van der Waals surface area contributed by atoms with Crippen molar-refractivity contribution in [3.8, 4) is 0 Å². The second-order valence-electron chi connectivity index (χ2n) is 0.931. The molecule has 0 aliphatic heterocycles. The fourth-order valence-corrected chi connectivity index (χ4v) is 0.805. The lowest BCUT2D eigenvalue weighted by Crippen LogP contribution is -1.83. The lowest BCUT2D eigenvalue weighted by atomic mass is 11.0. The Bertz CT molecular complexity index is 89.7. The number of hydrogen-bond donors (Lipinski definition) is 0. The highest BCUT2D eigenvalue weighted by atomic mass is 35.5. The summed E-state index contributed by atoms with van der Waals surface area (Å²) in [6.07, 6.45) is 0. The first-order chi connectivity index (χ1) is 3.31. The van der Waals surface area contributed by atoms with Crippen LogP contribution in [0.5, 0.6) is 0 Å². The maximum Gasteiger partial charge on any atom is 0.0461 e. The molecule has 0 aromatic carbocycles. The molecule has 0 spiro atoms. The summed E-state index contributed by atoms with van der Waals surface area (Å²) < 4.78 is 10.4. The zero-order valence-corrected chi connectivity index (χ0v) is 5.63. The second kappa shape index (κ2) is 4.34. The van der Waals surface area contributed by atoms with Crippen LogP contribution >= 0.6 is 11.6 Å². The van der Waals surface area contributed by atoms with E-state index in [1.54, 1.807) is 0 Å². The zero-order chi connectivity index (χ0) is 5.70. The van der Waals surface area contributed by atoms with Gasteiger partial charge in [0.1, 0.15) is 0 Å². The maximum absolute atomic E-state index is 10.4. The molecular formula is C4H7ClOS. The third kappa shape index (κ3) is 4.02. The van der Waals surface area contributed by atoms with Gasteiger partial charge in [0.25, 0.3) is 0 Å². The molecule has 0 N–H and O–H groups in total. The normalized spacial score (nSPS) is 15.1. The Morgan fingerprint density at radius 2 is 2.43 bits per heavy atom. The molecular weight excluding hydrogens is 132 g/mol. The predicted octanol–water partition coefficient (Wildman–Crippen LogP) is 1.47. The fraction of sp³-hybridized carbons (Fsp3) is 0.500. The Kier molecular flexibility index (Phi) is 4.45. The van der Waals surface area contributed by atoms with E-state index in [-0.39, 0.29) is 0 Å². The van der Waals surface area contributed by atoms with Crippen molar-refractivity contribution in [1.29, 1.82) is 0 Å². The van der Waals surface area contributed by atoms with Gasteiger partial charge in [0.15, 0.2) is 0 Å². The molecule has 0 rings (SSSR count). The summed E-state index contributed by atoms with van der Waals surface area (Å²) in [5, 5.41) is 1.46. The number of rotatable bonds is 2. The van der Waals surface area contributed by atoms with E-state index in [0.29, 0.717) is 5.75 Å². The monoisotopic (exact) mass is 138 g/mol. The van der Waals surface area contributed by atoms with Gasteiger partial charge >= 0.3 is 0 Å². The summed E-state index contributed by atoms with van der Waals surface area (Å²) >= 11 is 5.10. The molecule has 0 aliphatic carbocycles. The maximum atomic E-state index is 10.4. The quantitative estimate of drug-likeness (QED) is 0.565. The Morgan fingerprint density at radius 3 is 2.57 bits per heavy atom. The van der Waals surface area contributed by atoms with Crippen molar-refractivity contribution >= 4 is 22.4 Å². The first-order valence-corrected chi connectivity index (χ1v) is 3.77. The van der Waals surface area contributed by atoms with Crippen LogP contribution in [0.1, 0.15) is 6.92 Å². The van der Waals surface area contributed by atoms with Gasteiger partial charge in [-0.2, -0.15) is 0 Å². The van der Waals surface area contributed by atoms with Gasteiger partial charge in [0.2, 0.25) is 0 Å². The summed E-state index contributed by atoms with van der Waals surface area (Å²) in [4.78, 5) is 0. The minimum atomic E-state index is -0.840. The smallest absolute Gasteiger partial charge is 0.0461 e. The van der Waals surface area contributed by atoms with Crippen molar-refractivity contribution in [3.05, 3.63) is 10.9 Å². The lowest BCUT2D eigenvalue weighted by Gasteiger charge is -1.79. The molecule has 3 heteroatoms. The fourth-order valence-electron chi connectivity index (χ4n) is 0.154. The van der Waals surface area contributed by atoms with Gasteiger partial charge in [-0.25, -0.2) is 0 Å². The molecule has 0 aliphatic rings. The van der Waals surface area contributed by atoms with Crippen LogP contribution in [0.15, 0.2) is 10.9 Å². The van der Waals surface area contributed by atoms with Crippen LogP contribution < -0.4 is 0 Å². The van der Waals surface area contributed by atoms with Crippen LogP contribution in [-0.4, -0.2) is 9.96 Å². The Balaban J connectivity index is 3.37. The van der Waals surface area contributed by atoms with Crippen LogP contribution in [0.4, 0.5) is 0 Å². The van der Waals surface area contributed by atoms with Gasteiger partial charge in [-0.15, -0.1) is 0 Å². The summed E-state index contributed by atoms with van der Waals surface area (Å²) in [6, 6.07) is 0. The molecule has 7 heavy (non-hydrogen) atoms. The SMILES string of the molecule is CCS(=O)C=CCl. The van der Waals surface area contributed by atoms with Crippen LogP contribution in [-0.2, 0) is 10.8 Å². The Hall–Kier alpha value is 0.180. The summed E-state index contributed by atoms with van der Waals surface area (Å²) in [7, 11) is -0.840. The average Bonchev–Trinajstić information content (AvgIpc) is 1.68. The molecule has 1 nitrogen and oxygen atoms in total. The van der Waals surface area contributed by atoms with Crippen molar-refractivity contribution in [2.75, 3.05) is 5.75 Å². The molecule has 0 radical (unpaired) electrons. The molecule has 0 amide bonds. The molecule has 1 unspecified atom stereocenters. The van der Waals surface area contributed by atoms with Gasteiger partial charge in [0.05, 0.1) is 0 Å². The van der Waals surface area contributed by atoms with Crippen molar-refractivity contribution in [3.63, 3.8) is 0 Å². The van der Waals surface area contributed by atoms with E-state index in [9.17, 15) is 4.21 Å². The highest BCUT2D eigenvalue weighted by Crippen LogP contribution is 1.85. The summed E-state index contributed by atoms with van der Waals surface area (Å²) in [5.74, 6) is 0.642. The first kappa shape index (κ1) is 7.18. The van der Waals surface area contributed by atoms with Crippen LogP contribution in [0.25, 0.3) is 0 Å². The van der Waals surface area contributed by atoms with Gasteiger partial charge < -0.3 is 0 Å². The highest BCUT2D eigenvalue weighted by molar-refractivity contribution is 7.87. The Labute approximate surface area is 50.8 Å². The van der Waals surface area contributed by atoms with Gasteiger partial charge in [-0.1, -0.05) is 18.5 Å². The van der Waals surface area contributed by atoms with Gasteiger partial charge in [-0.05, 0) is 0 Å². The largest absolute Gasteiger partial charge is 0.255 e. The highest BCUT2D eigenvalue weighted by Gasteiger charge is 1.81. The van der Waals surface area contributed by atoms with Crippen LogP contribution in [0, 0.1) is 0 Å². The van der Waals surface area contributed by atoms with Gasteiger partial charge in [-0.3, -0.25) is 4.21 Å². The minimum absolute atomic E-state index is 0.642. The summed E-state index contributed by atoms with van der Waals surface area (Å²) in [6.45, 7) is 1.84. The van der Waals surface area contributed by atoms with E-state index in [4.69, 9.17) is 11.6 Å². The number of halogens is 1. The minimum Gasteiger partial charge on any atom is -0.255 e. The molecule has 42 valence electrons. The molecule has 0 saturated heterocycles. The van der Waals surface area contributed by atoms with Crippen LogP contribution in [0.2, 0.25) is 0 Å². The van der Waals surface area contributed by atoms with Crippen molar-refractivity contribution in [1.82, 2.24) is 0 Å². The molecule has 0 fully saturated rings. The van der Waals surface area contributed by atoms with Crippen molar-refractivity contribution in [2.45, 2.75) is 6.92 Å². The number of hydrogen-bond acceptors (Lipinski definition) is 1. The second-order valence-corrected chi connectivity index (χ2v) is 2.79. The van der Waals surface area contributed by atoms with Crippen LogP contribution in [0.3, 0.4) is 0 Å². The molecule has 0 aromatic rings. The summed E-state index contributed by atoms with van der Waals surface area (Å²) in [5.41, 5.74) is 1.28. The molecule has 0 heterocycles. The first-order valence-electron chi connectivity index (χ1n) is 1.95. The van der Waals surface area contributed by atoms with Gasteiger partial charge in [0, 0.05) is 27.5 Å². The third-order valence-electron chi connectivity index (χ3n) is 0.488. The van der Waals surface area contributed by atoms with Crippen molar-refractivity contribution < 1.29 is 4.21 Å². The molecule has 1 atom stereocenters. The zero-order valence-electron chi connectivity index (χ0n) is 4.06. The third-order valence-corrected chi connectivity index (χ3v) is 1.77. The van der Waals surface area contributed by atoms with E-state index < -0.39 is 10.8 Å². The van der Waals surface area contributed by atoms with E-state index >= 15 is 0 Å². The van der Waals surface area contributed by atoms with E-state index in [2.05, 4.69) is 0 Å². The standard InChI is InChI=1S/C4H7ClOS/c1-2-7(6)4-3-5/h3-4H,2H2,1H3. The molecule has 0 saturated carbocycles.